The van der Waals surface area contributed by atoms with E-state index in [1.165, 1.54) is 28.7 Å². The number of rotatable bonds is 3. The molecule has 1 aromatic carbocycles. The van der Waals surface area contributed by atoms with Crippen molar-refractivity contribution in [2.24, 2.45) is 7.05 Å². The molecule has 4 rings (SSSR count). The third kappa shape index (κ3) is 3.09. The van der Waals surface area contributed by atoms with Crippen LogP contribution in [-0.4, -0.2) is 29.1 Å². The molecule has 10 heteroatoms. The minimum absolute atomic E-state index is 0.214. The highest BCUT2D eigenvalue weighted by atomic mass is 19.4. The average Bonchev–Trinajstić information content (AvgIpc) is 3.16. The first kappa shape index (κ1) is 17.0. The number of aromatic nitrogens is 6. The molecule has 0 spiro atoms. The molecule has 0 atom stereocenters. The lowest BCUT2D eigenvalue weighted by Gasteiger charge is -2.05. The third-order valence-corrected chi connectivity index (χ3v) is 4.15. The van der Waals surface area contributed by atoms with Crippen molar-refractivity contribution in [1.82, 2.24) is 29.1 Å². The number of fused-ring (bicyclic) bond motifs is 1. The summed E-state index contributed by atoms with van der Waals surface area (Å²) in [4.78, 5) is 26.4. The molecular weight excluding hydrogens is 361 g/mol. The molecule has 0 aliphatic rings. The van der Waals surface area contributed by atoms with Gasteiger partial charge in [-0.2, -0.15) is 13.2 Å². The summed E-state index contributed by atoms with van der Waals surface area (Å²) in [5.41, 5.74) is 1.11. The van der Waals surface area contributed by atoms with Gasteiger partial charge in [-0.3, -0.25) is 4.57 Å². The molecule has 0 fully saturated rings. The fourth-order valence-electron chi connectivity index (χ4n) is 2.86. The van der Waals surface area contributed by atoms with Crippen molar-refractivity contribution in [2.45, 2.75) is 12.7 Å². The number of hydrogen-bond donors (Lipinski definition) is 1. The molecule has 3 heterocycles. The van der Waals surface area contributed by atoms with E-state index >= 15 is 0 Å². The SMILES string of the molecule is Cn1cc(C(F)(F)F)nc1-c1ccc(Cn2c(=O)[nH]c3cncnc32)cc1. The van der Waals surface area contributed by atoms with E-state index in [2.05, 4.69) is 19.9 Å². The van der Waals surface area contributed by atoms with Crippen LogP contribution in [0.5, 0.6) is 0 Å². The molecule has 1 N–H and O–H groups in total. The number of aryl methyl sites for hydroxylation is 1. The molecule has 0 saturated heterocycles. The number of nitrogens with one attached hydrogen (secondary N) is 1. The Hall–Kier alpha value is -3.43. The minimum Gasteiger partial charge on any atom is -0.333 e. The van der Waals surface area contributed by atoms with Gasteiger partial charge in [-0.05, 0) is 5.56 Å². The number of alkyl halides is 3. The van der Waals surface area contributed by atoms with Crippen molar-refractivity contribution in [1.29, 1.82) is 0 Å². The fourth-order valence-corrected chi connectivity index (χ4v) is 2.86. The summed E-state index contributed by atoms with van der Waals surface area (Å²) in [5, 5.41) is 0. The Morgan fingerprint density at radius 1 is 1.19 bits per heavy atom. The summed E-state index contributed by atoms with van der Waals surface area (Å²) >= 11 is 0. The van der Waals surface area contributed by atoms with Gasteiger partial charge in [-0.1, -0.05) is 24.3 Å². The van der Waals surface area contributed by atoms with Crippen LogP contribution in [0.3, 0.4) is 0 Å². The number of halogens is 3. The molecule has 0 aliphatic carbocycles. The van der Waals surface area contributed by atoms with Crippen LogP contribution in [0.4, 0.5) is 13.2 Å². The van der Waals surface area contributed by atoms with Gasteiger partial charge >= 0.3 is 11.9 Å². The van der Waals surface area contributed by atoms with Crippen molar-refractivity contribution in [2.75, 3.05) is 0 Å². The predicted octanol–water partition coefficient (Wildman–Crippen LogP) is 2.59. The van der Waals surface area contributed by atoms with E-state index in [4.69, 9.17) is 0 Å². The predicted molar refractivity (Wildman–Crippen MR) is 90.9 cm³/mol. The van der Waals surface area contributed by atoms with Crippen molar-refractivity contribution < 1.29 is 13.2 Å². The van der Waals surface area contributed by atoms with Crippen LogP contribution in [0.25, 0.3) is 22.6 Å². The third-order valence-electron chi connectivity index (χ3n) is 4.15. The number of benzene rings is 1. The molecule has 0 amide bonds. The molecule has 3 aromatic heterocycles. The zero-order valence-electron chi connectivity index (χ0n) is 14.0. The monoisotopic (exact) mass is 374 g/mol. The topological polar surface area (TPSA) is 81.4 Å². The molecule has 0 radical (unpaired) electrons. The number of imidazole rings is 2. The summed E-state index contributed by atoms with van der Waals surface area (Å²) in [6.07, 6.45) is -0.667. The maximum atomic E-state index is 12.8. The standard InChI is InChI=1S/C17H13F3N6O/c1-25-8-13(17(18,19)20)24-14(25)11-4-2-10(3-5-11)7-26-15-12(23-16(26)27)6-21-9-22-15/h2-6,8-9H,7H2,1H3,(H,23,27). The Labute approximate surface area is 150 Å². The van der Waals surface area contributed by atoms with Gasteiger partial charge in [0.25, 0.3) is 0 Å². The van der Waals surface area contributed by atoms with Crippen molar-refractivity contribution in [3.63, 3.8) is 0 Å². The summed E-state index contributed by atoms with van der Waals surface area (Å²) in [6, 6.07) is 6.83. The number of nitrogens with zero attached hydrogens (tertiary/aromatic N) is 5. The highest BCUT2D eigenvalue weighted by Crippen LogP contribution is 2.30. The normalized spacial score (nSPS) is 12.0. The zero-order valence-corrected chi connectivity index (χ0v) is 14.0. The molecule has 27 heavy (non-hydrogen) atoms. The Balaban J connectivity index is 1.64. The molecule has 0 unspecified atom stereocenters. The van der Waals surface area contributed by atoms with Crippen LogP contribution in [-0.2, 0) is 19.8 Å². The first-order valence-corrected chi connectivity index (χ1v) is 7.91. The van der Waals surface area contributed by atoms with Gasteiger partial charge in [0, 0.05) is 18.8 Å². The summed E-state index contributed by atoms with van der Waals surface area (Å²) < 4.78 is 41.2. The lowest BCUT2D eigenvalue weighted by molar-refractivity contribution is -0.140. The van der Waals surface area contributed by atoms with Gasteiger partial charge in [0.05, 0.1) is 12.7 Å². The molecule has 4 aromatic rings. The van der Waals surface area contributed by atoms with E-state index in [0.717, 1.165) is 11.8 Å². The maximum Gasteiger partial charge on any atom is 0.434 e. The Bertz CT molecular complexity index is 1170. The Kier molecular flexibility index (Phi) is 3.83. The fraction of sp³-hybridized carbons (Fsp3) is 0.176. The first-order valence-electron chi connectivity index (χ1n) is 7.91. The van der Waals surface area contributed by atoms with Crippen molar-refractivity contribution in [3.05, 3.63) is 64.7 Å². The maximum absolute atomic E-state index is 12.8. The van der Waals surface area contributed by atoms with E-state index in [9.17, 15) is 18.0 Å². The van der Waals surface area contributed by atoms with Gasteiger partial charge in [0.15, 0.2) is 11.3 Å². The molecular formula is C17H13F3N6O. The van der Waals surface area contributed by atoms with Gasteiger partial charge in [0.1, 0.15) is 17.7 Å². The summed E-state index contributed by atoms with van der Waals surface area (Å²) in [7, 11) is 1.51. The quantitative estimate of drug-likeness (QED) is 0.598. The van der Waals surface area contributed by atoms with E-state index in [1.54, 1.807) is 24.3 Å². The lowest BCUT2D eigenvalue weighted by atomic mass is 10.1. The minimum atomic E-state index is -4.49. The van der Waals surface area contributed by atoms with E-state index < -0.39 is 11.9 Å². The number of H-pyrrole nitrogens is 1. The zero-order chi connectivity index (χ0) is 19.2. The lowest BCUT2D eigenvalue weighted by Crippen LogP contribution is -2.17. The molecule has 0 aliphatic heterocycles. The van der Waals surface area contributed by atoms with Gasteiger partial charge in [-0.15, -0.1) is 0 Å². The van der Waals surface area contributed by atoms with E-state index in [0.29, 0.717) is 16.7 Å². The van der Waals surface area contributed by atoms with Crippen LogP contribution in [0.1, 0.15) is 11.3 Å². The summed E-state index contributed by atoms with van der Waals surface area (Å²) in [6.45, 7) is 0.268. The van der Waals surface area contributed by atoms with E-state index in [1.807, 2.05) is 0 Å². The Morgan fingerprint density at radius 2 is 1.93 bits per heavy atom. The summed E-state index contributed by atoms with van der Waals surface area (Å²) in [5.74, 6) is 0.214. The Morgan fingerprint density at radius 3 is 2.59 bits per heavy atom. The number of aromatic amines is 1. The number of hydrogen-bond acceptors (Lipinski definition) is 4. The van der Waals surface area contributed by atoms with Crippen LogP contribution in [0, 0.1) is 0 Å². The van der Waals surface area contributed by atoms with Crippen molar-refractivity contribution >= 4 is 11.2 Å². The van der Waals surface area contributed by atoms with Crippen molar-refractivity contribution in [3.8, 4) is 11.4 Å². The molecule has 0 bridgehead atoms. The second kappa shape index (κ2) is 6.08. The second-order valence-corrected chi connectivity index (χ2v) is 6.03. The molecule has 138 valence electrons. The first-order chi connectivity index (χ1) is 12.8. The van der Waals surface area contributed by atoms with Crippen LogP contribution in [0.15, 0.2) is 47.8 Å². The smallest absolute Gasteiger partial charge is 0.333 e. The van der Waals surface area contributed by atoms with Crippen LogP contribution < -0.4 is 5.69 Å². The van der Waals surface area contributed by atoms with Gasteiger partial charge in [-0.25, -0.2) is 19.7 Å². The average molecular weight is 374 g/mol. The molecule has 0 saturated carbocycles. The highest BCUT2D eigenvalue weighted by Gasteiger charge is 2.34. The largest absolute Gasteiger partial charge is 0.434 e. The van der Waals surface area contributed by atoms with Gasteiger partial charge in [0.2, 0.25) is 0 Å². The van der Waals surface area contributed by atoms with Crippen LogP contribution in [0.2, 0.25) is 0 Å². The van der Waals surface area contributed by atoms with E-state index in [-0.39, 0.29) is 18.1 Å². The highest BCUT2D eigenvalue weighted by molar-refractivity contribution is 5.69. The molecule has 7 nitrogen and oxygen atoms in total. The second-order valence-electron chi connectivity index (χ2n) is 6.03. The van der Waals surface area contributed by atoms with Gasteiger partial charge < -0.3 is 9.55 Å². The van der Waals surface area contributed by atoms with Crippen LogP contribution >= 0.6 is 0 Å².